The second kappa shape index (κ2) is 8.69. The number of halogens is 1. The van der Waals surface area contributed by atoms with Gasteiger partial charge in [-0.2, -0.15) is 0 Å². The van der Waals surface area contributed by atoms with Crippen LogP contribution in [0.25, 0.3) is 0 Å². The summed E-state index contributed by atoms with van der Waals surface area (Å²) in [5.41, 5.74) is 1.23. The van der Waals surface area contributed by atoms with E-state index in [4.69, 9.17) is 30.5 Å². The van der Waals surface area contributed by atoms with E-state index in [-0.39, 0.29) is 30.5 Å². The van der Waals surface area contributed by atoms with Crippen molar-refractivity contribution in [3.63, 3.8) is 0 Å². The monoisotopic (exact) mass is 502 g/mol. The van der Waals surface area contributed by atoms with Crippen LogP contribution in [0.3, 0.4) is 0 Å². The number of rotatable bonds is 5. The Morgan fingerprint density at radius 1 is 1.21 bits per heavy atom. The Labute approximate surface area is 203 Å². The molecule has 9 nitrogen and oxygen atoms in total. The van der Waals surface area contributed by atoms with Crippen molar-refractivity contribution in [1.82, 2.24) is 4.57 Å². The van der Waals surface area contributed by atoms with Crippen LogP contribution in [0.4, 0.5) is 11.5 Å². The fourth-order valence-electron chi connectivity index (χ4n) is 4.18. The highest BCUT2D eigenvalue weighted by atomic mass is 35.5. The van der Waals surface area contributed by atoms with Crippen LogP contribution in [-0.4, -0.2) is 37.5 Å². The van der Waals surface area contributed by atoms with Crippen LogP contribution in [0.2, 0.25) is 5.02 Å². The lowest BCUT2D eigenvalue weighted by Gasteiger charge is -2.32. The third-order valence-electron chi connectivity index (χ3n) is 5.71. The molecule has 3 heterocycles. The molecular weight excluding hydrogens is 484 g/mol. The smallest absolute Gasteiger partial charge is 0.325 e. The summed E-state index contributed by atoms with van der Waals surface area (Å²) in [6.07, 6.45) is 0.0838. The maximum atomic E-state index is 13.5. The Hall–Kier alpha value is -3.50. The van der Waals surface area contributed by atoms with Crippen LogP contribution >= 0.6 is 22.9 Å². The zero-order valence-electron chi connectivity index (χ0n) is 18.2. The van der Waals surface area contributed by atoms with Crippen LogP contribution in [0, 0.1) is 0 Å². The first-order valence-electron chi connectivity index (χ1n) is 10.3. The lowest BCUT2D eigenvalue weighted by Crippen LogP contribution is -2.36. The largest absolute Gasteiger partial charge is 0.493 e. The number of hydrogen-bond donors (Lipinski definition) is 0. The predicted molar refractivity (Wildman–Crippen MR) is 125 cm³/mol. The van der Waals surface area contributed by atoms with E-state index in [1.807, 2.05) is 0 Å². The van der Waals surface area contributed by atoms with Gasteiger partial charge in [0.15, 0.2) is 11.5 Å². The molecule has 5 rings (SSSR count). The molecule has 176 valence electrons. The maximum Gasteiger partial charge on any atom is 0.325 e. The van der Waals surface area contributed by atoms with Gasteiger partial charge in [-0.25, -0.2) is 0 Å². The molecule has 11 heteroatoms. The summed E-state index contributed by atoms with van der Waals surface area (Å²) >= 11 is 7.17. The average Bonchev–Trinajstić information content (AvgIpc) is 3.42. The van der Waals surface area contributed by atoms with Crippen molar-refractivity contribution < 1.29 is 28.5 Å². The molecular formula is C23H19ClN2O7S. The quantitative estimate of drug-likeness (QED) is 0.491. The minimum Gasteiger partial charge on any atom is -0.493 e. The topological polar surface area (TPSA) is 96.3 Å². The van der Waals surface area contributed by atoms with Gasteiger partial charge in [-0.3, -0.25) is 23.9 Å². The number of esters is 1. The number of methoxy groups -OCH3 is 2. The van der Waals surface area contributed by atoms with Gasteiger partial charge in [-0.1, -0.05) is 29.0 Å². The van der Waals surface area contributed by atoms with E-state index in [0.29, 0.717) is 38.7 Å². The summed E-state index contributed by atoms with van der Waals surface area (Å²) in [6.45, 7) is -0.266. The summed E-state index contributed by atoms with van der Waals surface area (Å²) < 4.78 is 22.5. The molecule has 0 bridgehead atoms. The molecule has 0 aliphatic carbocycles. The number of carbonyl (C=O) groups is 2. The van der Waals surface area contributed by atoms with Crippen LogP contribution in [0.1, 0.15) is 22.8 Å². The van der Waals surface area contributed by atoms with Gasteiger partial charge in [0.25, 0.3) is 0 Å². The van der Waals surface area contributed by atoms with E-state index in [1.54, 1.807) is 36.4 Å². The van der Waals surface area contributed by atoms with Crippen LogP contribution < -0.4 is 24.0 Å². The van der Waals surface area contributed by atoms with Crippen molar-refractivity contribution in [1.29, 1.82) is 0 Å². The van der Waals surface area contributed by atoms with Gasteiger partial charge in [0.1, 0.15) is 12.4 Å². The maximum absolute atomic E-state index is 13.5. The fourth-order valence-corrected chi connectivity index (χ4v) is 5.47. The highest BCUT2D eigenvalue weighted by Crippen LogP contribution is 2.49. The van der Waals surface area contributed by atoms with E-state index in [9.17, 15) is 14.4 Å². The van der Waals surface area contributed by atoms with Crippen molar-refractivity contribution >= 4 is 46.3 Å². The van der Waals surface area contributed by atoms with E-state index in [2.05, 4.69) is 0 Å². The molecule has 0 saturated carbocycles. The first-order chi connectivity index (χ1) is 16.4. The Bertz CT molecular complexity index is 1370. The number of carbonyl (C=O) groups excluding carboxylic acids is 2. The van der Waals surface area contributed by atoms with Crippen molar-refractivity contribution in [3.8, 4) is 17.2 Å². The van der Waals surface area contributed by atoms with E-state index >= 15 is 0 Å². The number of hydrogen-bond acceptors (Lipinski definition) is 8. The molecule has 2 aliphatic heterocycles. The number of thiazole rings is 1. The number of ether oxygens (including phenoxy) is 4. The molecule has 1 amide bonds. The van der Waals surface area contributed by atoms with E-state index in [1.165, 1.54) is 23.7 Å². The lowest BCUT2D eigenvalue weighted by atomic mass is 9.90. The number of fused-ring (bicyclic) bond motifs is 2. The molecule has 0 unspecified atom stereocenters. The molecule has 0 saturated heterocycles. The second-order valence-electron chi connectivity index (χ2n) is 7.64. The minimum atomic E-state index is -0.604. The van der Waals surface area contributed by atoms with Gasteiger partial charge in [0, 0.05) is 17.4 Å². The first kappa shape index (κ1) is 22.3. The lowest BCUT2D eigenvalue weighted by molar-refractivity contribution is -0.141. The number of benzene rings is 2. The highest BCUT2D eigenvalue weighted by molar-refractivity contribution is 7.10. The summed E-state index contributed by atoms with van der Waals surface area (Å²) in [5.74, 6) is 0.463. The molecule has 0 fully saturated rings. The Morgan fingerprint density at radius 3 is 2.76 bits per heavy atom. The van der Waals surface area contributed by atoms with Crippen LogP contribution in [0.15, 0.2) is 41.2 Å². The van der Waals surface area contributed by atoms with E-state index in [0.717, 1.165) is 16.9 Å². The Balaban J connectivity index is 1.70. The fraction of sp³-hybridized carbons (Fsp3) is 0.261. The first-order valence-corrected chi connectivity index (χ1v) is 11.5. The SMILES string of the molecule is COC(=O)Cn1c2c(sc1=O)[C@H](c1cc(OC)c3c(c1)OCO3)CC(=O)N2c1cccc(Cl)c1. The van der Waals surface area contributed by atoms with Gasteiger partial charge >= 0.3 is 10.8 Å². The average molecular weight is 503 g/mol. The summed E-state index contributed by atoms with van der Waals surface area (Å²) in [4.78, 5) is 40.4. The molecule has 1 atom stereocenters. The van der Waals surface area contributed by atoms with Crippen molar-refractivity contribution in [2.75, 3.05) is 25.9 Å². The van der Waals surface area contributed by atoms with Crippen molar-refractivity contribution in [2.24, 2.45) is 0 Å². The molecule has 2 aromatic carbocycles. The van der Waals surface area contributed by atoms with Crippen LogP contribution in [-0.2, 0) is 20.9 Å². The second-order valence-corrected chi connectivity index (χ2v) is 9.07. The van der Waals surface area contributed by atoms with Crippen LogP contribution in [0.5, 0.6) is 17.2 Å². The van der Waals surface area contributed by atoms with Gasteiger partial charge in [-0.05, 0) is 35.9 Å². The van der Waals surface area contributed by atoms with Gasteiger partial charge < -0.3 is 18.9 Å². The summed E-state index contributed by atoms with van der Waals surface area (Å²) in [5, 5.41) is 0.437. The summed E-state index contributed by atoms with van der Waals surface area (Å²) in [6, 6.07) is 10.3. The Morgan fingerprint density at radius 2 is 2.03 bits per heavy atom. The van der Waals surface area contributed by atoms with Gasteiger partial charge in [-0.15, -0.1) is 0 Å². The standard InChI is InChI=1S/C23H19ClN2O7S/c1-30-16-6-12(7-17-20(16)33-11-32-17)15-9-18(27)26(14-5-3-4-13(24)8-14)22-21(15)34-23(29)25(22)10-19(28)31-2/h3-8,15H,9-11H2,1-2H3/t15-/m0/s1. The highest BCUT2D eigenvalue weighted by Gasteiger charge is 2.39. The number of amides is 1. The normalized spacial score (nSPS) is 16.4. The van der Waals surface area contributed by atoms with Gasteiger partial charge in [0.05, 0.1) is 24.8 Å². The summed E-state index contributed by atoms with van der Waals surface area (Å²) in [7, 11) is 2.76. The van der Waals surface area contributed by atoms with E-state index < -0.39 is 11.9 Å². The zero-order valence-corrected chi connectivity index (χ0v) is 19.8. The molecule has 3 aromatic rings. The number of aromatic nitrogens is 1. The molecule has 0 radical (unpaired) electrons. The van der Waals surface area contributed by atoms with Crippen molar-refractivity contribution in [2.45, 2.75) is 18.9 Å². The zero-order chi connectivity index (χ0) is 24.0. The third kappa shape index (κ3) is 3.68. The molecule has 34 heavy (non-hydrogen) atoms. The van der Waals surface area contributed by atoms with Gasteiger partial charge in [0.2, 0.25) is 18.4 Å². The van der Waals surface area contributed by atoms with Crippen molar-refractivity contribution in [3.05, 3.63) is 61.5 Å². The molecule has 2 aliphatic rings. The molecule has 1 aromatic heterocycles. The predicted octanol–water partition coefficient (Wildman–Crippen LogP) is 3.67. The Kier molecular flexibility index (Phi) is 5.70. The molecule has 0 spiro atoms. The minimum absolute atomic E-state index is 0.0649. The number of anilines is 2. The number of nitrogens with zero attached hydrogens (tertiary/aromatic N) is 2. The third-order valence-corrected chi connectivity index (χ3v) is 7.03. The molecule has 0 N–H and O–H groups in total.